The van der Waals surface area contributed by atoms with Gasteiger partial charge in [-0.1, -0.05) is 79.1 Å². The van der Waals surface area contributed by atoms with E-state index in [1.54, 1.807) is 0 Å². The predicted molar refractivity (Wildman–Crippen MR) is 105 cm³/mol. The Morgan fingerprint density at radius 2 is 1.22 bits per heavy atom. The Morgan fingerprint density at radius 3 is 1.35 bits per heavy atom. The van der Waals surface area contributed by atoms with Crippen molar-refractivity contribution in [2.75, 3.05) is 0 Å². The van der Waals surface area contributed by atoms with Crippen LogP contribution in [0.4, 0.5) is 4.79 Å². The van der Waals surface area contributed by atoms with Gasteiger partial charge < -0.3 is 19.0 Å². The second-order valence-corrected chi connectivity index (χ2v) is 6.52. The molecule has 140 valence electrons. The van der Waals surface area contributed by atoms with Gasteiger partial charge in [0.05, 0.1) is 0 Å². The number of carbonyl (C=O) groups is 1. The summed E-state index contributed by atoms with van der Waals surface area (Å²) in [6.07, 6.45) is 9.24. The molecule has 0 aromatic carbocycles. The first-order chi connectivity index (χ1) is 10.3. The number of rotatable bonds is 8. The third-order valence-corrected chi connectivity index (χ3v) is 3.60. The van der Waals surface area contributed by atoms with Gasteiger partial charge in [-0.05, 0) is 25.6 Å². The SMILES string of the molecule is O=C(O)N(S)S.[CH2-]C(CC)CCCC.[CH2-]C(CC)CCCC.[Mo+2]. The summed E-state index contributed by atoms with van der Waals surface area (Å²) in [6.45, 7) is 16.8. The molecule has 3 nitrogen and oxygen atoms in total. The fraction of sp³-hybridized carbons (Fsp3) is 0.824. The molecule has 0 aromatic heterocycles. The fourth-order valence-corrected chi connectivity index (χ4v) is 1.39. The van der Waals surface area contributed by atoms with E-state index in [0.717, 1.165) is 0 Å². The average molecular weight is 448 g/mol. The van der Waals surface area contributed by atoms with E-state index in [2.05, 4.69) is 67.2 Å². The van der Waals surface area contributed by atoms with E-state index in [9.17, 15) is 4.79 Å². The topological polar surface area (TPSA) is 40.5 Å². The summed E-state index contributed by atoms with van der Waals surface area (Å²) in [5.74, 6) is 1.41. The molecule has 0 aliphatic heterocycles. The molecule has 1 amide bonds. The minimum Gasteiger partial charge on any atom is -0.464 e. The molecule has 0 spiro atoms. The van der Waals surface area contributed by atoms with Crippen LogP contribution in [0, 0.1) is 25.7 Å². The van der Waals surface area contributed by atoms with Gasteiger partial charge in [0.1, 0.15) is 0 Å². The third-order valence-electron chi connectivity index (χ3n) is 3.26. The monoisotopic (exact) mass is 449 g/mol. The zero-order chi connectivity index (χ0) is 18.0. The minimum atomic E-state index is -1.18. The second kappa shape index (κ2) is 24.9. The van der Waals surface area contributed by atoms with Gasteiger partial charge in [-0.3, -0.25) is 0 Å². The van der Waals surface area contributed by atoms with E-state index in [0.29, 0.717) is 15.5 Å². The summed E-state index contributed by atoms with van der Waals surface area (Å²) in [4.78, 5) is 9.47. The van der Waals surface area contributed by atoms with Gasteiger partial charge in [-0.15, -0.1) is 0 Å². The van der Waals surface area contributed by atoms with Gasteiger partial charge in [0, 0.05) is 0 Å². The number of thiol groups is 2. The average Bonchev–Trinajstić information content (AvgIpc) is 2.51. The van der Waals surface area contributed by atoms with Crippen LogP contribution in [0.2, 0.25) is 0 Å². The molecule has 0 aromatic rings. The van der Waals surface area contributed by atoms with Crippen molar-refractivity contribution < 1.29 is 31.0 Å². The Bertz CT molecular complexity index is 219. The smallest absolute Gasteiger partial charge is 0.464 e. The molecule has 0 saturated heterocycles. The third kappa shape index (κ3) is 34.8. The van der Waals surface area contributed by atoms with Crippen LogP contribution in [0.5, 0.6) is 0 Å². The first kappa shape index (κ1) is 31.4. The van der Waals surface area contributed by atoms with Gasteiger partial charge in [0.15, 0.2) is 0 Å². The van der Waals surface area contributed by atoms with Crippen LogP contribution in [0.15, 0.2) is 0 Å². The summed E-state index contributed by atoms with van der Waals surface area (Å²) in [7, 11) is 0. The molecular weight excluding hydrogens is 410 g/mol. The van der Waals surface area contributed by atoms with Gasteiger partial charge in [0.2, 0.25) is 0 Å². The van der Waals surface area contributed by atoms with Crippen LogP contribution in [0.1, 0.15) is 79.1 Å². The summed E-state index contributed by atoms with van der Waals surface area (Å²) in [6, 6.07) is 0. The van der Waals surface area contributed by atoms with E-state index in [4.69, 9.17) is 5.11 Å². The quantitative estimate of drug-likeness (QED) is 0.219. The van der Waals surface area contributed by atoms with E-state index < -0.39 is 6.09 Å². The summed E-state index contributed by atoms with van der Waals surface area (Å²) < 4.78 is 0.472. The Balaban J connectivity index is -0.000000117. The second-order valence-electron chi connectivity index (χ2n) is 5.41. The van der Waals surface area contributed by atoms with Crippen molar-refractivity contribution in [3.8, 4) is 0 Å². The molecule has 2 unspecified atom stereocenters. The minimum absolute atomic E-state index is 0. The molecule has 2 atom stereocenters. The van der Waals surface area contributed by atoms with Gasteiger partial charge >= 0.3 is 27.2 Å². The van der Waals surface area contributed by atoms with Gasteiger partial charge in [-0.2, -0.15) is 15.5 Å². The Hall–Kier alpha value is 0.658. The van der Waals surface area contributed by atoms with E-state index in [-0.39, 0.29) is 21.1 Å². The number of hydrogen-bond acceptors (Lipinski definition) is 3. The van der Waals surface area contributed by atoms with Crippen molar-refractivity contribution in [2.45, 2.75) is 79.1 Å². The standard InChI is InChI=1S/2C8H17.CH3NO2S2.Mo/c2*1-4-6-7-8(3)5-2;3-1(4)2(5)6;/h2*8H,3-7H2,1-2H3;5-6H,(H,3,4);/q2*-1;;+2. The van der Waals surface area contributed by atoms with Crippen LogP contribution in [0.3, 0.4) is 0 Å². The summed E-state index contributed by atoms with van der Waals surface area (Å²) in [5, 5.41) is 7.76. The number of hydrogen-bond donors (Lipinski definition) is 3. The maximum Gasteiger partial charge on any atom is 2.00 e. The van der Waals surface area contributed by atoms with E-state index in [1.165, 1.54) is 51.4 Å². The summed E-state index contributed by atoms with van der Waals surface area (Å²) in [5.41, 5.74) is 0. The number of unbranched alkanes of at least 4 members (excludes halogenated alkanes) is 2. The molecule has 0 bridgehead atoms. The van der Waals surface area contributed by atoms with Crippen molar-refractivity contribution in [1.82, 2.24) is 3.71 Å². The van der Waals surface area contributed by atoms with Gasteiger partial charge in [0.25, 0.3) is 0 Å². The largest absolute Gasteiger partial charge is 2.00 e. The maximum atomic E-state index is 9.47. The van der Waals surface area contributed by atoms with Gasteiger partial charge in [-0.25, -0.2) is 4.79 Å². The van der Waals surface area contributed by atoms with Crippen LogP contribution >= 0.6 is 25.6 Å². The van der Waals surface area contributed by atoms with Crippen molar-refractivity contribution >= 4 is 31.7 Å². The molecule has 0 rings (SSSR count). The molecular formula is C17H37MoNO2S2. The molecule has 0 radical (unpaired) electrons. The Morgan fingerprint density at radius 1 is 0.957 bits per heavy atom. The van der Waals surface area contributed by atoms with Crippen LogP contribution in [0.25, 0.3) is 0 Å². The molecule has 0 fully saturated rings. The number of nitrogens with zero attached hydrogens (tertiary/aromatic N) is 1. The number of carboxylic acid groups (broad SMARTS) is 1. The molecule has 0 saturated carbocycles. The Labute approximate surface area is 170 Å². The molecule has 6 heteroatoms. The van der Waals surface area contributed by atoms with Crippen LogP contribution in [-0.4, -0.2) is 14.9 Å². The summed E-state index contributed by atoms with van der Waals surface area (Å²) >= 11 is 6.58. The normalized spacial score (nSPS) is 11.7. The zero-order valence-corrected chi connectivity index (χ0v) is 19.1. The molecule has 1 N–H and O–H groups in total. The van der Waals surface area contributed by atoms with E-state index >= 15 is 0 Å². The van der Waals surface area contributed by atoms with Crippen molar-refractivity contribution in [2.24, 2.45) is 11.8 Å². The maximum absolute atomic E-state index is 9.47. The van der Waals surface area contributed by atoms with Crippen LogP contribution < -0.4 is 0 Å². The Kier molecular flexibility index (Phi) is 34.0. The molecule has 0 heterocycles. The van der Waals surface area contributed by atoms with Crippen molar-refractivity contribution in [3.05, 3.63) is 13.8 Å². The molecule has 23 heavy (non-hydrogen) atoms. The molecule has 0 aliphatic carbocycles. The van der Waals surface area contributed by atoms with Crippen molar-refractivity contribution in [1.29, 1.82) is 0 Å². The fourth-order valence-electron chi connectivity index (χ4n) is 1.39. The van der Waals surface area contributed by atoms with Crippen molar-refractivity contribution in [3.63, 3.8) is 0 Å². The molecule has 0 aliphatic rings. The van der Waals surface area contributed by atoms with Crippen LogP contribution in [-0.2, 0) is 21.1 Å². The first-order valence-corrected chi connectivity index (χ1v) is 9.13. The first-order valence-electron chi connectivity index (χ1n) is 8.33. The zero-order valence-electron chi connectivity index (χ0n) is 15.3. The number of amides is 1. The predicted octanol–water partition coefficient (Wildman–Crippen LogP) is 6.73. The van der Waals surface area contributed by atoms with E-state index in [1.807, 2.05) is 0 Å².